The number of aliphatic hydroxyl groups excluding tert-OH is 1. The van der Waals surface area contributed by atoms with Crippen LogP contribution in [0.3, 0.4) is 0 Å². The van der Waals surface area contributed by atoms with E-state index < -0.39 is 0 Å². The van der Waals surface area contributed by atoms with E-state index in [2.05, 4.69) is 10.3 Å². The molecule has 2 aromatic rings. The number of fused-ring (bicyclic) bond motifs is 1. The standard InChI is InChI=1S/C23H33N3O3/c1-15(2)25-21(28)14-29-23-16(3)7-10-18-13-24-20(26-22(18)23)6-4-5-17-8-11-19(27)12-9-17/h7,10,13,15,17,19,27H,4-6,8-9,11-12,14H2,1-3H3,(H,25,28). The third kappa shape index (κ3) is 6.13. The number of nitrogens with zero attached hydrogens (tertiary/aromatic N) is 2. The molecular formula is C23H33N3O3. The highest BCUT2D eigenvalue weighted by atomic mass is 16.5. The van der Waals surface area contributed by atoms with Gasteiger partial charge in [-0.1, -0.05) is 18.6 Å². The smallest absolute Gasteiger partial charge is 0.258 e. The Morgan fingerprint density at radius 3 is 2.76 bits per heavy atom. The molecule has 0 radical (unpaired) electrons. The Bertz CT molecular complexity index is 829. The van der Waals surface area contributed by atoms with Gasteiger partial charge in [-0.2, -0.15) is 0 Å². The molecule has 6 nitrogen and oxygen atoms in total. The zero-order chi connectivity index (χ0) is 20.8. The molecule has 0 atom stereocenters. The van der Waals surface area contributed by atoms with E-state index in [0.29, 0.717) is 11.7 Å². The van der Waals surface area contributed by atoms with E-state index in [1.54, 1.807) is 0 Å². The first kappa shape index (κ1) is 21.5. The molecule has 1 aromatic heterocycles. The molecular weight excluding hydrogens is 366 g/mol. The van der Waals surface area contributed by atoms with Gasteiger partial charge in [-0.25, -0.2) is 9.97 Å². The number of benzene rings is 1. The highest BCUT2D eigenvalue weighted by Gasteiger charge is 2.19. The lowest BCUT2D eigenvalue weighted by molar-refractivity contribution is -0.123. The molecule has 1 heterocycles. The molecule has 29 heavy (non-hydrogen) atoms. The molecule has 1 fully saturated rings. The summed E-state index contributed by atoms with van der Waals surface area (Å²) in [5.41, 5.74) is 1.73. The van der Waals surface area contributed by atoms with Gasteiger partial charge >= 0.3 is 0 Å². The minimum atomic E-state index is -0.136. The summed E-state index contributed by atoms with van der Waals surface area (Å²) in [4.78, 5) is 21.3. The van der Waals surface area contributed by atoms with Crippen LogP contribution in [0.15, 0.2) is 18.3 Å². The van der Waals surface area contributed by atoms with E-state index in [9.17, 15) is 9.90 Å². The fourth-order valence-corrected chi connectivity index (χ4v) is 4.00. The van der Waals surface area contributed by atoms with Gasteiger partial charge in [0.25, 0.3) is 5.91 Å². The molecule has 6 heteroatoms. The van der Waals surface area contributed by atoms with Crippen molar-refractivity contribution in [2.45, 2.75) is 77.9 Å². The maximum absolute atomic E-state index is 12.0. The Kier molecular flexibility index (Phi) is 7.42. The van der Waals surface area contributed by atoms with Crippen LogP contribution in [-0.2, 0) is 11.2 Å². The van der Waals surface area contributed by atoms with E-state index >= 15 is 0 Å². The maximum atomic E-state index is 12.0. The summed E-state index contributed by atoms with van der Waals surface area (Å²) in [5.74, 6) is 2.05. The van der Waals surface area contributed by atoms with Crippen LogP contribution >= 0.6 is 0 Å². The van der Waals surface area contributed by atoms with Crippen LogP contribution in [0, 0.1) is 12.8 Å². The zero-order valence-electron chi connectivity index (χ0n) is 17.8. The van der Waals surface area contributed by atoms with Gasteiger partial charge < -0.3 is 15.2 Å². The van der Waals surface area contributed by atoms with Gasteiger partial charge in [-0.05, 0) is 64.4 Å². The van der Waals surface area contributed by atoms with E-state index in [1.165, 1.54) is 0 Å². The first-order valence-electron chi connectivity index (χ1n) is 10.8. The molecule has 1 aliphatic rings. The summed E-state index contributed by atoms with van der Waals surface area (Å²) < 4.78 is 5.85. The minimum Gasteiger partial charge on any atom is -0.481 e. The third-order valence-corrected chi connectivity index (χ3v) is 5.58. The summed E-state index contributed by atoms with van der Waals surface area (Å²) in [6, 6.07) is 4.04. The summed E-state index contributed by atoms with van der Waals surface area (Å²) in [5, 5.41) is 13.4. The van der Waals surface area contributed by atoms with Crippen molar-refractivity contribution in [1.29, 1.82) is 0 Å². The maximum Gasteiger partial charge on any atom is 0.258 e. The molecule has 158 valence electrons. The van der Waals surface area contributed by atoms with Crippen molar-refractivity contribution in [2.75, 3.05) is 6.61 Å². The Balaban J connectivity index is 1.65. The molecule has 0 aliphatic heterocycles. The van der Waals surface area contributed by atoms with Crippen LogP contribution in [0.4, 0.5) is 0 Å². The Morgan fingerprint density at radius 2 is 2.03 bits per heavy atom. The van der Waals surface area contributed by atoms with Crippen LogP contribution in [0.1, 0.15) is 63.8 Å². The lowest BCUT2D eigenvalue weighted by Crippen LogP contribution is -2.34. The van der Waals surface area contributed by atoms with E-state index in [0.717, 1.165) is 67.2 Å². The number of amides is 1. The van der Waals surface area contributed by atoms with Crippen molar-refractivity contribution in [3.8, 4) is 5.75 Å². The van der Waals surface area contributed by atoms with E-state index in [1.807, 2.05) is 39.1 Å². The predicted octanol–water partition coefficient (Wildman–Crippen LogP) is 3.72. The van der Waals surface area contributed by atoms with Crippen molar-refractivity contribution >= 4 is 16.8 Å². The quantitative estimate of drug-likeness (QED) is 0.707. The lowest BCUT2D eigenvalue weighted by Gasteiger charge is -2.25. The van der Waals surface area contributed by atoms with Crippen molar-refractivity contribution in [2.24, 2.45) is 5.92 Å². The van der Waals surface area contributed by atoms with Crippen LogP contribution < -0.4 is 10.1 Å². The van der Waals surface area contributed by atoms with Crippen LogP contribution in [-0.4, -0.2) is 39.7 Å². The number of carbonyl (C=O) groups is 1. The van der Waals surface area contributed by atoms with Crippen molar-refractivity contribution in [3.05, 3.63) is 29.7 Å². The SMILES string of the molecule is Cc1ccc2cnc(CCCC3CCC(O)CC3)nc2c1OCC(=O)NC(C)C. The minimum absolute atomic E-state index is 0.0228. The molecule has 1 aliphatic carbocycles. The van der Waals surface area contributed by atoms with Crippen molar-refractivity contribution in [1.82, 2.24) is 15.3 Å². The molecule has 1 saturated carbocycles. The topological polar surface area (TPSA) is 84.3 Å². The summed E-state index contributed by atoms with van der Waals surface area (Å²) in [6.07, 6.45) is 8.88. The van der Waals surface area contributed by atoms with Gasteiger partial charge in [0.15, 0.2) is 6.61 Å². The first-order chi connectivity index (χ1) is 13.9. The van der Waals surface area contributed by atoms with Gasteiger partial charge in [0, 0.05) is 24.0 Å². The second-order valence-corrected chi connectivity index (χ2v) is 8.51. The molecule has 2 N–H and O–H groups in total. The van der Waals surface area contributed by atoms with Crippen molar-refractivity contribution in [3.63, 3.8) is 0 Å². The van der Waals surface area contributed by atoms with E-state index in [4.69, 9.17) is 9.72 Å². The largest absolute Gasteiger partial charge is 0.481 e. The number of aliphatic hydroxyl groups is 1. The second-order valence-electron chi connectivity index (χ2n) is 8.51. The Labute approximate surface area is 173 Å². The highest BCUT2D eigenvalue weighted by molar-refractivity contribution is 5.86. The van der Waals surface area contributed by atoms with Crippen LogP contribution in [0.5, 0.6) is 5.75 Å². The van der Waals surface area contributed by atoms with Gasteiger partial charge in [-0.3, -0.25) is 4.79 Å². The van der Waals surface area contributed by atoms with Crippen LogP contribution in [0.2, 0.25) is 0 Å². The summed E-state index contributed by atoms with van der Waals surface area (Å²) >= 11 is 0. The molecule has 0 spiro atoms. The number of aryl methyl sites for hydroxylation is 2. The summed E-state index contributed by atoms with van der Waals surface area (Å²) in [6.45, 7) is 5.80. The number of hydrogen-bond donors (Lipinski definition) is 2. The third-order valence-electron chi connectivity index (χ3n) is 5.58. The zero-order valence-corrected chi connectivity index (χ0v) is 17.8. The first-order valence-corrected chi connectivity index (χ1v) is 10.8. The lowest BCUT2D eigenvalue weighted by atomic mass is 9.84. The fourth-order valence-electron chi connectivity index (χ4n) is 4.00. The Morgan fingerprint density at radius 1 is 1.28 bits per heavy atom. The number of nitrogens with one attached hydrogen (secondary N) is 1. The van der Waals surface area contributed by atoms with Crippen LogP contribution in [0.25, 0.3) is 10.9 Å². The number of rotatable bonds is 8. The molecule has 3 rings (SSSR count). The van der Waals surface area contributed by atoms with E-state index in [-0.39, 0.29) is 24.7 Å². The molecule has 0 unspecified atom stereocenters. The number of aromatic nitrogens is 2. The average molecular weight is 400 g/mol. The molecule has 0 bridgehead atoms. The van der Waals surface area contributed by atoms with Crippen molar-refractivity contribution < 1.29 is 14.6 Å². The molecule has 1 aromatic carbocycles. The van der Waals surface area contributed by atoms with Gasteiger partial charge in [0.2, 0.25) is 0 Å². The predicted molar refractivity (Wildman–Crippen MR) is 114 cm³/mol. The van der Waals surface area contributed by atoms with Gasteiger partial charge in [0.1, 0.15) is 17.1 Å². The number of hydrogen-bond acceptors (Lipinski definition) is 5. The van der Waals surface area contributed by atoms with Gasteiger partial charge in [-0.15, -0.1) is 0 Å². The monoisotopic (exact) mass is 399 g/mol. The summed E-state index contributed by atoms with van der Waals surface area (Å²) in [7, 11) is 0. The average Bonchev–Trinajstić information content (AvgIpc) is 2.68. The number of ether oxygens (including phenoxy) is 1. The highest BCUT2D eigenvalue weighted by Crippen LogP contribution is 2.29. The molecule has 0 saturated heterocycles. The normalized spacial score (nSPS) is 19.5. The Hall–Kier alpha value is -2.21. The van der Waals surface area contributed by atoms with Gasteiger partial charge in [0.05, 0.1) is 6.10 Å². The number of carbonyl (C=O) groups excluding carboxylic acids is 1. The molecule has 1 amide bonds. The fraction of sp³-hybridized carbons (Fsp3) is 0.609. The second kappa shape index (κ2) is 10.0.